The minimum Gasteiger partial charge on any atom is -0.316 e. The molecule has 0 aromatic heterocycles. The standard InChI is InChI=1S/C21H42N4O/c22-17(23)9-7-15-20(11-3-1-4-12-20)19(26)21(13-5-2-6-14-21)16-8-10-18(24)25/h17-18H,1-16,22-25H2. The Labute approximate surface area is 160 Å². The van der Waals surface area contributed by atoms with Gasteiger partial charge in [0, 0.05) is 10.8 Å². The lowest BCUT2D eigenvalue weighted by molar-refractivity contribution is -0.145. The fourth-order valence-corrected chi connectivity index (χ4v) is 5.55. The number of ketones is 1. The molecule has 2 aliphatic carbocycles. The van der Waals surface area contributed by atoms with E-state index in [0.29, 0.717) is 5.78 Å². The summed E-state index contributed by atoms with van der Waals surface area (Å²) in [7, 11) is 0. The van der Waals surface area contributed by atoms with Crippen molar-refractivity contribution in [2.75, 3.05) is 0 Å². The van der Waals surface area contributed by atoms with Gasteiger partial charge in [0.15, 0.2) is 0 Å². The molecule has 2 fully saturated rings. The van der Waals surface area contributed by atoms with Gasteiger partial charge in [-0.15, -0.1) is 0 Å². The largest absolute Gasteiger partial charge is 0.316 e. The molecule has 8 N–H and O–H groups in total. The monoisotopic (exact) mass is 366 g/mol. The predicted molar refractivity (Wildman–Crippen MR) is 108 cm³/mol. The third-order valence-corrected chi connectivity index (χ3v) is 6.97. The first-order valence-corrected chi connectivity index (χ1v) is 11.0. The Balaban J connectivity index is 2.14. The lowest BCUT2D eigenvalue weighted by Gasteiger charge is -2.46. The number of Topliss-reactive ketones (excluding diaryl/α,β-unsaturated/α-hetero) is 1. The second-order valence-electron chi connectivity index (χ2n) is 9.12. The molecule has 0 atom stereocenters. The summed E-state index contributed by atoms with van der Waals surface area (Å²) in [5.74, 6) is 0.570. The third-order valence-electron chi connectivity index (χ3n) is 6.97. The van der Waals surface area contributed by atoms with Crippen molar-refractivity contribution in [3.8, 4) is 0 Å². The van der Waals surface area contributed by atoms with Gasteiger partial charge in [-0.25, -0.2) is 0 Å². The Morgan fingerprint density at radius 3 is 1.31 bits per heavy atom. The van der Waals surface area contributed by atoms with Gasteiger partial charge in [0.25, 0.3) is 0 Å². The Hall–Kier alpha value is -0.490. The Bertz CT molecular complexity index is 386. The van der Waals surface area contributed by atoms with Crippen molar-refractivity contribution in [2.24, 2.45) is 33.8 Å². The zero-order chi connectivity index (χ0) is 19.0. The summed E-state index contributed by atoms with van der Waals surface area (Å²) in [4.78, 5) is 14.0. The van der Waals surface area contributed by atoms with Crippen molar-refractivity contribution in [1.29, 1.82) is 0 Å². The van der Waals surface area contributed by atoms with Crippen LogP contribution in [0.3, 0.4) is 0 Å². The molecule has 0 radical (unpaired) electrons. The van der Waals surface area contributed by atoms with Crippen LogP contribution in [0.4, 0.5) is 0 Å². The van der Waals surface area contributed by atoms with Crippen LogP contribution in [0.25, 0.3) is 0 Å². The quantitative estimate of drug-likeness (QED) is 0.442. The van der Waals surface area contributed by atoms with Crippen LogP contribution in [0.15, 0.2) is 0 Å². The SMILES string of the molecule is NC(N)CCCC1(C(=O)C2(CCCC(N)N)CCCCC2)CCCCC1. The summed E-state index contributed by atoms with van der Waals surface area (Å²) in [6.45, 7) is 0. The van der Waals surface area contributed by atoms with Gasteiger partial charge in [-0.1, -0.05) is 38.5 Å². The molecule has 0 aromatic rings. The number of carbonyl (C=O) groups excluding carboxylic acids is 1. The molecule has 0 aliphatic heterocycles. The van der Waals surface area contributed by atoms with Crippen molar-refractivity contribution in [2.45, 2.75) is 115 Å². The van der Waals surface area contributed by atoms with Crippen LogP contribution >= 0.6 is 0 Å². The van der Waals surface area contributed by atoms with Crippen molar-refractivity contribution < 1.29 is 4.79 Å². The highest BCUT2D eigenvalue weighted by Crippen LogP contribution is 2.52. The number of nitrogens with two attached hydrogens (primary N) is 4. The lowest BCUT2D eigenvalue weighted by atomic mass is 9.56. The van der Waals surface area contributed by atoms with Gasteiger partial charge >= 0.3 is 0 Å². The molecule has 152 valence electrons. The van der Waals surface area contributed by atoms with Crippen molar-refractivity contribution in [3.63, 3.8) is 0 Å². The zero-order valence-corrected chi connectivity index (χ0v) is 16.7. The highest BCUT2D eigenvalue weighted by molar-refractivity contribution is 5.90. The molecule has 2 aliphatic rings. The number of carbonyl (C=O) groups is 1. The highest BCUT2D eigenvalue weighted by atomic mass is 16.1. The van der Waals surface area contributed by atoms with Gasteiger partial charge in [0.05, 0.1) is 12.3 Å². The summed E-state index contributed by atoms with van der Waals surface area (Å²) < 4.78 is 0. The smallest absolute Gasteiger partial charge is 0.145 e. The lowest BCUT2D eigenvalue weighted by Crippen LogP contribution is -2.46. The summed E-state index contributed by atoms with van der Waals surface area (Å²) >= 11 is 0. The molecular formula is C21H42N4O. The molecule has 5 heteroatoms. The van der Waals surface area contributed by atoms with Crippen molar-refractivity contribution in [3.05, 3.63) is 0 Å². The Morgan fingerprint density at radius 2 is 1.00 bits per heavy atom. The molecule has 0 spiro atoms. The molecule has 0 unspecified atom stereocenters. The number of rotatable bonds is 10. The van der Waals surface area contributed by atoms with Crippen molar-refractivity contribution in [1.82, 2.24) is 0 Å². The van der Waals surface area contributed by atoms with E-state index < -0.39 is 0 Å². The van der Waals surface area contributed by atoms with E-state index in [1.165, 1.54) is 38.5 Å². The van der Waals surface area contributed by atoms with Gasteiger partial charge in [-0.05, 0) is 64.2 Å². The number of hydrogen-bond donors (Lipinski definition) is 4. The Morgan fingerprint density at radius 1 is 0.654 bits per heavy atom. The van der Waals surface area contributed by atoms with Crippen LogP contribution in [0.2, 0.25) is 0 Å². The highest BCUT2D eigenvalue weighted by Gasteiger charge is 2.49. The van der Waals surface area contributed by atoms with Crippen LogP contribution in [0.1, 0.15) is 103 Å². The summed E-state index contributed by atoms with van der Waals surface area (Å²) in [5.41, 5.74) is 22.8. The Kier molecular flexibility index (Phi) is 8.52. The fraction of sp³-hybridized carbons (Fsp3) is 0.952. The normalized spacial score (nSPS) is 22.7. The van der Waals surface area contributed by atoms with Gasteiger partial charge in [0.2, 0.25) is 0 Å². The molecule has 0 amide bonds. The maximum atomic E-state index is 14.0. The van der Waals surface area contributed by atoms with E-state index in [-0.39, 0.29) is 23.2 Å². The fourth-order valence-electron chi connectivity index (χ4n) is 5.55. The van der Waals surface area contributed by atoms with Gasteiger partial charge in [-0.2, -0.15) is 0 Å². The molecule has 26 heavy (non-hydrogen) atoms. The first-order valence-electron chi connectivity index (χ1n) is 11.0. The zero-order valence-electron chi connectivity index (χ0n) is 16.7. The third kappa shape index (κ3) is 5.75. The van der Waals surface area contributed by atoms with E-state index in [2.05, 4.69) is 0 Å². The van der Waals surface area contributed by atoms with E-state index in [9.17, 15) is 4.79 Å². The minimum atomic E-state index is -0.263. The van der Waals surface area contributed by atoms with Crippen LogP contribution in [-0.2, 0) is 4.79 Å². The molecule has 2 rings (SSSR count). The molecule has 0 heterocycles. The van der Waals surface area contributed by atoms with E-state index in [1.807, 2.05) is 0 Å². The molecule has 2 saturated carbocycles. The first kappa shape index (κ1) is 21.8. The average molecular weight is 367 g/mol. The van der Waals surface area contributed by atoms with Gasteiger partial charge in [0.1, 0.15) is 5.78 Å². The molecule has 0 aromatic carbocycles. The van der Waals surface area contributed by atoms with E-state index in [1.54, 1.807) is 0 Å². The van der Waals surface area contributed by atoms with Gasteiger partial charge < -0.3 is 22.9 Å². The summed E-state index contributed by atoms with van der Waals surface area (Å²) in [6, 6.07) is 0. The maximum absolute atomic E-state index is 14.0. The predicted octanol–water partition coefficient (Wildman–Crippen LogP) is 3.28. The van der Waals surface area contributed by atoms with Crippen molar-refractivity contribution >= 4 is 5.78 Å². The van der Waals surface area contributed by atoms with Crippen LogP contribution in [-0.4, -0.2) is 18.1 Å². The van der Waals surface area contributed by atoms with E-state index >= 15 is 0 Å². The first-order chi connectivity index (χ1) is 12.4. The maximum Gasteiger partial charge on any atom is 0.145 e. The minimum absolute atomic E-state index is 0.130. The molecule has 0 bridgehead atoms. The molecular weight excluding hydrogens is 324 g/mol. The molecule has 0 saturated heterocycles. The second kappa shape index (κ2) is 10.2. The molecule has 5 nitrogen and oxygen atoms in total. The van der Waals surface area contributed by atoms with Crippen LogP contribution in [0, 0.1) is 10.8 Å². The summed E-state index contributed by atoms with van der Waals surface area (Å²) in [5, 5.41) is 0. The number of hydrogen-bond acceptors (Lipinski definition) is 5. The van der Waals surface area contributed by atoms with Gasteiger partial charge in [-0.3, -0.25) is 4.79 Å². The van der Waals surface area contributed by atoms with Crippen LogP contribution < -0.4 is 22.9 Å². The van der Waals surface area contributed by atoms with Crippen LogP contribution in [0.5, 0.6) is 0 Å². The topological polar surface area (TPSA) is 121 Å². The second-order valence-corrected chi connectivity index (χ2v) is 9.12. The average Bonchev–Trinajstić information content (AvgIpc) is 2.62. The van der Waals surface area contributed by atoms with E-state index in [0.717, 1.165) is 64.2 Å². The van der Waals surface area contributed by atoms with E-state index in [4.69, 9.17) is 22.9 Å². The summed E-state index contributed by atoms with van der Waals surface area (Å²) in [6.07, 6.45) is 16.5.